The van der Waals surface area contributed by atoms with Crippen molar-refractivity contribution in [3.8, 4) is 0 Å². The third-order valence-electron chi connectivity index (χ3n) is 4.12. The molecule has 1 N–H and O–H groups in total. The van der Waals surface area contributed by atoms with Crippen LogP contribution in [0.5, 0.6) is 0 Å². The van der Waals surface area contributed by atoms with Gasteiger partial charge in [0.15, 0.2) is 5.78 Å². The monoisotopic (exact) mass is 293 g/mol. The lowest BCUT2D eigenvalue weighted by molar-refractivity contribution is 0.0941. The third kappa shape index (κ3) is 2.09. The molecule has 3 aromatic rings. The Morgan fingerprint density at radius 1 is 1.10 bits per heavy atom. The molecule has 0 bridgehead atoms. The van der Waals surface area contributed by atoms with E-state index in [9.17, 15) is 4.79 Å². The number of rotatable bonds is 2. The Morgan fingerprint density at radius 3 is 2.95 bits per heavy atom. The molecule has 4 rings (SSSR count). The van der Waals surface area contributed by atoms with Gasteiger partial charge in [-0.15, -0.1) is 11.3 Å². The number of fused-ring (bicyclic) bond motifs is 2. The molecule has 2 aromatic carbocycles. The van der Waals surface area contributed by atoms with Crippen LogP contribution in [-0.2, 0) is 6.42 Å². The van der Waals surface area contributed by atoms with Gasteiger partial charge >= 0.3 is 0 Å². The predicted molar refractivity (Wildman–Crippen MR) is 87.0 cm³/mol. The first-order chi connectivity index (χ1) is 10.3. The van der Waals surface area contributed by atoms with Gasteiger partial charge < -0.3 is 5.32 Å². The summed E-state index contributed by atoms with van der Waals surface area (Å²) in [6, 6.07) is 16.1. The van der Waals surface area contributed by atoms with Gasteiger partial charge in [-0.2, -0.15) is 0 Å². The number of carbonyl (C=O) groups is 1. The molecule has 1 unspecified atom stereocenters. The number of Topliss-reactive ketones (excluding diaryl/α,β-unsaturated/α-hetero) is 1. The van der Waals surface area contributed by atoms with Crippen LogP contribution < -0.4 is 5.32 Å². The second-order valence-corrected chi connectivity index (χ2v) is 6.26. The highest BCUT2D eigenvalue weighted by atomic mass is 32.1. The summed E-state index contributed by atoms with van der Waals surface area (Å²) in [7, 11) is 0. The van der Waals surface area contributed by atoms with Crippen LogP contribution in [0.4, 0.5) is 0 Å². The molecule has 2 heterocycles. The van der Waals surface area contributed by atoms with Crippen molar-refractivity contribution in [2.24, 2.45) is 0 Å². The van der Waals surface area contributed by atoms with Crippen molar-refractivity contribution >= 4 is 27.2 Å². The predicted octanol–water partition coefficient (Wildman–Crippen LogP) is 3.97. The van der Waals surface area contributed by atoms with Crippen molar-refractivity contribution in [1.82, 2.24) is 5.32 Å². The SMILES string of the molecule is O=C(c1cccc2ccsc12)C1NCCc2ccccc21. The van der Waals surface area contributed by atoms with Crippen molar-refractivity contribution in [2.75, 3.05) is 6.54 Å². The molecule has 0 amide bonds. The first kappa shape index (κ1) is 12.7. The highest BCUT2D eigenvalue weighted by Gasteiger charge is 2.27. The lowest BCUT2D eigenvalue weighted by Crippen LogP contribution is -2.35. The van der Waals surface area contributed by atoms with Crippen LogP contribution >= 0.6 is 11.3 Å². The Balaban J connectivity index is 1.81. The molecule has 1 aliphatic rings. The van der Waals surface area contributed by atoms with Gasteiger partial charge in [0.1, 0.15) is 0 Å². The van der Waals surface area contributed by atoms with Crippen molar-refractivity contribution in [3.05, 3.63) is 70.6 Å². The summed E-state index contributed by atoms with van der Waals surface area (Å²) in [5.74, 6) is 0.176. The van der Waals surface area contributed by atoms with Gasteiger partial charge in [0, 0.05) is 16.8 Å². The van der Waals surface area contributed by atoms with Crippen LogP contribution in [0.2, 0.25) is 0 Å². The van der Waals surface area contributed by atoms with Crippen LogP contribution in [0.15, 0.2) is 53.9 Å². The minimum absolute atomic E-state index is 0.176. The molecule has 2 nitrogen and oxygen atoms in total. The molecule has 104 valence electrons. The molecule has 0 saturated heterocycles. The minimum atomic E-state index is -0.220. The number of thiophene rings is 1. The first-order valence-corrected chi connectivity index (χ1v) is 8.04. The van der Waals surface area contributed by atoms with Gasteiger partial charge in [0.2, 0.25) is 0 Å². The minimum Gasteiger partial charge on any atom is -0.303 e. The second-order valence-electron chi connectivity index (χ2n) is 5.34. The van der Waals surface area contributed by atoms with E-state index >= 15 is 0 Å². The molecule has 3 heteroatoms. The van der Waals surface area contributed by atoms with Crippen LogP contribution in [0, 0.1) is 0 Å². The molecule has 1 aliphatic heterocycles. The summed E-state index contributed by atoms with van der Waals surface area (Å²) in [4.78, 5) is 13.0. The fraction of sp³-hybridized carbons (Fsp3) is 0.167. The van der Waals surface area contributed by atoms with Gasteiger partial charge in [-0.25, -0.2) is 0 Å². The Hall–Kier alpha value is -1.97. The van der Waals surface area contributed by atoms with Crippen LogP contribution in [0.3, 0.4) is 0 Å². The van der Waals surface area contributed by atoms with Gasteiger partial charge in [-0.1, -0.05) is 36.4 Å². The highest BCUT2D eigenvalue weighted by Crippen LogP contribution is 2.31. The Morgan fingerprint density at radius 2 is 2.00 bits per heavy atom. The van der Waals surface area contributed by atoms with Crippen molar-refractivity contribution in [3.63, 3.8) is 0 Å². The molecule has 1 atom stereocenters. The molecule has 0 aliphatic carbocycles. The summed E-state index contributed by atoms with van der Waals surface area (Å²) in [6.07, 6.45) is 0.989. The zero-order valence-electron chi connectivity index (χ0n) is 11.5. The van der Waals surface area contributed by atoms with E-state index in [2.05, 4.69) is 29.6 Å². The number of ketones is 1. The highest BCUT2D eigenvalue weighted by molar-refractivity contribution is 7.17. The number of benzene rings is 2. The summed E-state index contributed by atoms with van der Waals surface area (Å²) in [5.41, 5.74) is 3.24. The van der Waals surface area contributed by atoms with E-state index in [1.165, 1.54) is 5.56 Å². The zero-order chi connectivity index (χ0) is 14.2. The van der Waals surface area contributed by atoms with Gasteiger partial charge in [0.25, 0.3) is 0 Å². The lowest BCUT2D eigenvalue weighted by atomic mass is 9.89. The van der Waals surface area contributed by atoms with Gasteiger partial charge in [-0.05, 0) is 40.4 Å². The first-order valence-electron chi connectivity index (χ1n) is 7.16. The number of hydrogen-bond acceptors (Lipinski definition) is 3. The zero-order valence-corrected chi connectivity index (χ0v) is 12.3. The van der Waals surface area contributed by atoms with Gasteiger partial charge in [-0.3, -0.25) is 4.79 Å². The van der Waals surface area contributed by atoms with Gasteiger partial charge in [0.05, 0.1) is 6.04 Å². The van der Waals surface area contributed by atoms with E-state index < -0.39 is 0 Å². The maximum Gasteiger partial charge on any atom is 0.185 e. The molecule has 0 fully saturated rings. The van der Waals surface area contributed by atoms with E-state index in [0.717, 1.165) is 34.2 Å². The molecule has 0 radical (unpaired) electrons. The number of nitrogens with one attached hydrogen (secondary N) is 1. The molecule has 21 heavy (non-hydrogen) atoms. The summed E-state index contributed by atoms with van der Waals surface area (Å²) < 4.78 is 1.09. The second kappa shape index (κ2) is 5.10. The topological polar surface area (TPSA) is 29.1 Å². The quantitative estimate of drug-likeness (QED) is 0.724. The van der Waals surface area contributed by atoms with E-state index in [4.69, 9.17) is 0 Å². The van der Waals surface area contributed by atoms with Crippen molar-refractivity contribution in [2.45, 2.75) is 12.5 Å². The summed E-state index contributed by atoms with van der Waals surface area (Å²) >= 11 is 1.64. The van der Waals surface area contributed by atoms with Crippen LogP contribution in [0.1, 0.15) is 27.5 Å². The molecule has 0 spiro atoms. The van der Waals surface area contributed by atoms with Crippen molar-refractivity contribution in [1.29, 1.82) is 0 Å². The number of hydrogen-bond donors (Lipinski definition) is 1. The summed E-state index contributed by atoms with van der Waals surface area (Å²) in [5, 5.41) is 6.58. The average Bonchev–Trinajstić information content (AvgIpc) is 3.02. The van der Waals surface area contributed by atoms with E-state index in [1.807, 2.05) is 29.6 Å². The molecular weight excluding hydrogens is 278 g/mol. The normalized spacial score (nSPS) is 17.6. The Labute approximate surface area is 127 Å². The third-order valence-corrected chi connectivity index (χ3v) is 5.08. The average molecular weight is 293 g/mol. The maximum atomic E-state index is 13.0. The fourth-order valence-corrected chi connectivity index (χ4v) is 4.00. The largest absolute Gasteiger partial charge is 0.303 e. The fourth-order valence-electron chi connectivity index (χ4n) is 3.08. The van der Waals surface area contributed by atoms with Crippen LogP contribution in [0.25, 0.3) is 10.1 Å². The van der Waals surface area contributed by atoms with E-state index in [0.29, 0.717) is 0 Å². The Kier molecular flexibility index (Phi) is 3.09. The lowest BCUT2D eigenvalue weighted by Gasteiger charge is -2.26. The smallest absolute Gasteiger partial charge is 0.185 e. The maximum absolute atomic E-state index is 13.0. The standard InChI is InChI=1S/C18H15NOS/c20-17(15-7-3-5-13-9-11-21-18(13)15)16-14-6-2-1-4-12(14)8-10-19-16/h1-7,9,11,16,19H,8,10H2. The van der Waals surface area contributed by atoms with E-state index in [-0.39, 0.29) is 11.8 Å². The molecule has 1 aromatic heterocycles. The van der Waals surface area contributed by atoms with E-state index in [1.54, 1.807) is 11.3 Å². The Bertz CT molecular complexity index is 821. The molecule has 0 saturated carbocycles. The number of carbonyl (C=O) groups excluding carboxylic acids is 1. The summed E-state index contributed by atoms with van der Waals surface area (Å²) in [6.45, 7) is 0.855. The molecular formula is C18H15NOS. The van der Waals surface area contributed by atoms with Crippen molar-refractivity contribution < 1.29 is 4.79 Å². The van der Waals surface area contributed by atoms with Crippen LogP contribution in [-0.4, -0.2) is 12.3 Å².